The number of hydrogen-bond acceptors (Lipinski definition) is 2. The standard InChI is InChI=1S/C27H29N2O/c1-4-28(5-2)20-11-13-23-25(17-20)30-26-18-21(29-15-8-16-29)12-14-24(26)27(23)22-10-7-6-9-19(22)3/h6-7,9-14,17-18H,4-5,8,15-16H2,1-3H3/q+1. The fourth-order valence-electron chi connectivity index (χ4n) is 4.57. The zero-order valence-corrected chi connectivity index (χ0v) is 18.1. The van der Waals surface area contributed by atoms with Crippen molar-refractivity contribution >= 4 is 16.7 Å². The Morgan fingerprint density at radius 2 is 1.70 bits per heavy atom. The van der Waals surface area contributed by atoms with E-state index in [1.165, 1.54) is 45.1 Å². The van der Waals surface area contributed by atoms with Gasteiger partial charge in [-0.15, -0.1) is 0 Å². The molecule has 0 unspecified atom stereocenters. The first-order chi connectivity index (χ1) is 14.7. The van der Waals surface area contributed by atoms with E-state index in [9.17, 15) is 0 Å². The minimum absolute atomic E-state index is 0.950. The molecule has 0 bridgehead atoms. The number of anilines is 1. The van der Waals surface area contributed by atoms with Crippen LogP contribution in [0, 0.1) is 6.92 Å². The first kappa shape index (κ1) is 18.9. The van der Waals surface area contributed by atoms with Crippen molar-refractivity contribution in [3.8, 4) is 22.5 Å². The summed E-state index contributed by atoms with van der Waals surface area (Å²) in [7, 11) is 0. The van der Waals surface area contributed by atoms with Crippen molar-refractivity contribution in [2.45, 2.75) is 27.2 Å². The highest BCUT2D eigenvalue weighted by molar-refractivity contribution is 6.03. The Hall–Kier alpha value is -3.07. The van der Waals surface area contributed by atoms with Gasteiger partial charge in [0.1, 0.15) is 24.4 Å². The first-order valence-electron chi connectivity index (χ1n) is 11.1. The van der Waals surface area contributed by atoms with E-state index in [0.717, 1.165) is 37.5 Å². The third-order valence-corrected chi connectivity index (χ3v) is 6.45. The average Bonchev–Trinajstić information content (AvgIpc) is 2.72. The molecule has 0 saturated carbocycles. The Kier molecular flexibility index (Phi) is 4.82. The highest BCUT2D eigenvalue weighted by Gasteiger charge is 2.21. The van der Waals surface area contributed by atoms with Gasteiger partial charge < -0.3 is 9.32 Å². The Labute approximate surface area is 178 Å². The third kappa shape index (κ3) is 3.09. The lowest BCUT2D eigenvalue weighted by molar-refractivity contribution is 0.601. The van der Waals surface area contributed by atoms with E-state index in [2.05, 4.69) is 90.9 Å². The van der Waals surface area contributed by atoms with Crippen molar-refractivity contribution in [2.24, 2.45) is 0 Å². The van der Waals surface area contributed by atoms with Crippen LogP contribution in [-0.4, -0.2) is 26.2 Å². The topological polar surface area (TPSA) is 19.4 Å². The van der Waals surface area contributed by atoms with Crippen molar-refractivity contribution in [3.63, 3.8) is 0 Å². The van der Waals surface area contributed by atoms with Crippen LogP contribution in [0.25, 0.3) is 33.4 Å². The average molecular weight is 398 g/mol. The van der Waals surface area contributed by atoms with Gasteiger partial charge in [0.05, 0.1) is 6.07 Å². The second kappa shape index (κ2) is 7.64. The molecule has 2 aliphatic heterocycles. The summed E-state index contributed by atoms with van der Waals surface area (Å²) in [5, 5.41) is 2.39. The van der Waals surface area contributed by atoms with Gasteiger partial charge in [-0.05, 0) is 56.5 Å². The molecule has 1 fully saturated rings. The molecule has 2 aromatic carbocycles. The summed E-state index contributed by atoms with van der Waals surface area (Å²) in [5.74, 6) is 0.950. The number of rotatable bonds is 4. The van der Waals surface area contributed by atoms with Gasteiger partial charge in [-0.3, -0.25) is 0 Å². The van der Waals surface area contributed by atoms with Crippen molar-refractivity contribution in [2.75, 3.05) is 31.1 Å². The van der Waals surface area contributed by atoms with Crippen LogP contribution >= 0.6 is 0 Å². The van der Waals surface area contributed by atoms with Crippen LogP contribution in [0.3, 0.4) is 0 Å². The summed E-state index contributed by atoms with van der Waals surface area (Å²) in [5.41, 5.74) is 7.21. The largest absolute Gasteiger partial charge is 0.456 e. The molecule has 3 nitrogen and oxygen atoms in total. The Balaban J connectivity index is 1.86. The zero-order valence-electron chi connectivity index (χ0n) is 18.1. The highest BCUT2D eigenvalue weighted by atomic mass is 16.3. The number of nitrogens with zero attached hydrogens (tertiary/aromatic N) is 2. The van der Waals surface area contributed by atoms with E-state index in [-0.39, 0.29) is 0 Å². The number of benzene rings is 3. The molecule has 3 aliphatic rings. The Morgan fingerprint density at radius 3 is 2.40 bits per heavy atom. The maximum atomic E-state index is 6.53. The van der Waals surface area contributed by atoms with Gasteiger partial charge in [-0.1, -0.05) is 24.3 Å². The van der Waals surface area contributed by atoms with Gasteiger partial charge in [0.15, 0.2) is 0 Å². The van der Waals surface area contributed by atoms with Gasteiger partial charge in [-0.2, -0.15) is 0 Å². The molecule has 2 aromatic rings. The predicted octanol–water partition coefficient (Wildman–Crippen LogP) is 5.54. The van der Waals surface area contributed by atoms with Crippen LogP contribution in [0.15, 0.2) is 65.1 Å². The number of fused-ring (bicyclic) bond motifs is 2. The lowest BCUT2D eigenvalue weighted by atomic mass is 9.91. The van der Waals surface area contributed by atoms with Gasteiger partial charge in [0, 0.05) is 47.4 Å². The normalized spacial score (nSPS) is 13.6. The van der Waals surface area contributed by atoms with Crippen molar-refractivity contribution in [1.82, 2.24) is 4.58 Å². The molecular weight excluding hydrogens is 368 g/mol. The first-order valence-corrected chi connectivity index (χ1v) is 11.1. The molecule has 1 aliphatic carbocycles. The van der Waals surface area contributed by atoms with Crippen LogP contribution in [-0.2, 0) is 0 Å². The van der Waals surface area contributed by atoms with E-state index < -0.39 is 0 Å². The molecule has 5 rings (SSSR count). The zero-order chi connectivity index (χ0) is 20.7. The highest BCUT2D eigenvalue weighted by Crippen LogP contribution is 2.42. The quantitative estimate of drug-likeness (QED) is 0.333. The maximum Gasteiger partial charge on any atom is 0.203 e. The molecule has 0 spiro atoms. The fourth-order valence-corrected chi connectivity index (χ4v) is 4.57. The molecule has 2 heterocycles. The van der Waals surface area contributed by atoms with Crippen LogP contribution < -0.4 is 14.8 Å². The van der Waals surface area contributed by atoms with Crippen LogP contribution in [0.2, 0.25) is 0 Å². The molecule has 0 aromatic heterocycles. The SMILES string of the molecule is CC[N+](CC)=c1ccc2c(-c3ccccc3C)c3ccc(N4CCC4)cc3oc-2c1. The summed E-state index contributed by atoms with van der Waals surface area (Å²) in [6.45, 7) is 10.8. The summed E-state index contributed by atoms with van der Waals surface area (Å²) < 4.78 is 8.90. The Morgan fingerprint density at radius 1 is 0.900 bits per heavy atom. The van der Waals surface area contributed by atoms with Crippen LogP contribution in [0.5, 0.6) is 0 Å². The molecule has 1 saturated heterocycles. The summed E-state index contributed by atoms with van der Waals surface area (Å²) >= 11 is 0. The lowest BCUT2D eigenvalue weighted by Gasteiger charge is -2.33. The van der Waals surface area contributed by atoms with Gasteiger partial charge in [0.25, 0.3) is 0 Å². The van der Waals surface area contributed by atoms with E-state index >= 15 is 0 Å². The maximum absolute atomic E-state index is 6.53. The molecule has 0 radical (unpaired) electrons. The molecule has 3 heteroatoms. The second-order valence-corrected chi connectivity index (χ2v) is 8.17. The Bertz CT molecular complexity index is 1260. The van der Waals surface area contributed by atoms with E-state index in [1.54, 1.807) is 0 Å². The van der Waals surface area contributed by atoms with Crippen LogP contribution in [0.4, 0.5) is 5.69 Å². The molecule has 152 valence electrons. The van der Waals surface area contributed by atoms with E-state index in [1.807, 2.05) is 0 Å². The third-order valence-electron chi connectivity index (χ3n) is 6.45. The fraction of sp³-hybridized carbons (Fsp3) is 0.296. The summed E-state index contributed by atoms with van der Waals surface area (Å²) in [6.07, 6.45) is 1.27. The minimum atomic E-state index is 0.950. The van der Waals surface area contributed by atoms with E-state index in [4.69, 9.17) is 4.42 Å². The molecule has 0 atom stereocenters. The van der Waals surface area contributed by atoms with E-state index in [0.29, 0.717) is 0 Å². The minimum Gasteiger partial charge on any atom is -0.456 e. The van der Waals surface area contributed by atoms with Gasteiger partial charge >= 0.3 is 0 Å². The smallest absolute Gasteiger partial charge is 0.203 e. The summed E-state index contributed by atoms with van der Waals surface area (Å²) in [6, 6.07) is 22.0. The monoisotopic (exact) mass is 397 g/mol. The molecule has 0 N–H and O–H groups in total. The van der Waals surface area contributed by atoms with Crippen molar-refractivity contribution < 1.29 is 4.42 Å². The molecule has 30 heavy (non-hydrogen) atoms. The lowest BCUT2D eigenvalue weighted by Crippen LogP contribution is -2.36. The van der Waals surface area contributed by atoms with Crippen molar-refractivity contribution in [1.29, 1.82) is 0 Å². The second-order valence-electron chi connectivity index (χ2n) is 8.17. The summed E-state index contributed by atoms with van der Waals surface area (Å²) in [4.78, 5) is 2.42. The number of hydrogen-bond donors (Lipinski definition) is 0. The van der Waals surface area contributed by atoms with Crippen molar-refractivity contribution in [3.05, 3.63) is 71.6 Å². The predicted molar refractivity (Wildman–Crippen MR) is 126 cm³/mol. The molecular formula is C27H29N2O+. The molecule has 0 amide bonds. The van der Waals surface area contributed by atoms with Crippen LogP contribution in [0.1, 0.15) is 25.8 Å². The van der Waals surface area contributed by atoms with Gasteiger partial charge in [0.2, 0.25) is 5.36 Å². The number of aryl methyl sites for hydroxylation is 1. The van der Waals surface area contributed by atoms with Gasteiger partial charge in [-0.25, -0.2) is 4.58 Å².